The molecule has 0 aliphatic heterocycles. The fourth-order valence-corrected chi connectivity index (χ4v) is 12.7. The Bertz CT molecular complexity index is 474. The summed E-state index contributed by atoms with van der Waals surface area (Å²) in [5.41, 5.74) is 0. The number of halogens is 5. The van der Waals surface area contributed by atoms with Crippen LogP contribution in [0, 0.1) is 0 Å². The fraction of sp³-hybridized carbons (Fsp3) is 0.500. The van der Waals surface area contributed by atoms with E-state index in [0.29, 0.717) is 0 Å². The van der Waals surface area contributed by atoms with Gasteiger partial charge in [-0.05, 0) is 0 Å². The molecule has 0 saturated heterocycles. The van der Waals surface area contributed by atoms with E-state index in [9.17, 15) is 0 Å². The minimum absolute atomic E-state index is 0.133. The van der Waals surface area contributed by atoms with E-state index >= 15 is 0 Å². The first-order valence-electron chi connectivity index (χ1n) is 6.61. The van der Waals surface area contributed by atoms with Crippen LogP contribution in [0.4, 0.5) is 0 Å². The van der Waals surface area contributed by atoms with Crippen molar-refractivity contribution >= 4 is 66.3 Å². The molecule has 1 aromatic carbocycles. The third kappa shape index (κ3) is 4.64. The molecule has 0 heterocycles. The van der Waals surface area contributed by atoms with Gasteiger partial charge < -0.3 is 0 Å². The van der Waals surface area contributed by atoms with Crippen molar-refractivity contribution < 1.29 is 24.7 Å². The second-order valence-electron chi connectivity index (χ2n) is 4.55. The summed E-state index contributed by atoms with van der Waals surface area (Å²) in [5.74, 6) is 0.281. The molecular formula is C12H15Cl5O2SiZn. The standard InChI is InChI=1S/C6HCl5O.C6H15OSi.Zn/c7-1-2(8)4(10)6(12)5(11)3(1)9;1-4-8(7,5-2)6-3;/h12H;4-6H2,1-3H3;/q;-1;+2/p-1. The van der Waals surface area contributed by atoms with Gasteiger partial charge >= 0.3 is 161 Å². The quantitative estimate of drug-likeness (QED) is 0.241. The summed E-state index contributed by atoms with van der Waals surface area (Å²) in [7, 11) is -1.66. The molecule has 0 saturated carbocycles. The Kier molecular flexibility index (Phi) is 8.65. The molecule has 9 heteroatoms. The molecule has 0 aliphatic carbocycles. The molecule has 0 spiro atoms. The van der Waals surface area contributed by atoms with Crippen molar-refractivity contribution in [1.29, 1.82) is 0 Å². The summed E-state index contributed by atoms with van der Waals surface area (Å²) in [6, 6.07) is 3.20. The zero-order valence-corrected chi connectivity index (χ0v) is 19.8. The van der Waals surface area contributed by atoms with Crippen LogP contribution in [0.1, 0.15) is 20.8 Å². The Morgan fingerprint density at radius 3 is 1.52 bits per heavy atom. The van der Waals surface area contributed by atoms with Crippen molar-refractivity contribution in [2.24, 2.45) is 0 Å². The molecule has 0 aromatic heterocycles. The second-order valence-corrected chi connectivity index (χ2v) is 14.1. The van der Waals surface area contributed by atoms with Gasteiger partial charge in [0.1, 0.15) is 0 Å². The molecule has 0 aliphatic rings. The van der Waals surface area contributed by atoms with E-state index in [1.54, 1.807) is 0 Å². The summed E-state index contributed by atoms with van der Waals surface area (Å²) < 4.78 is 11.9. The maximum absolute atomic E-state index is 6.17. The first-order valence-corrected chi connectivity index (χ1v) is 13.5. The molecule has 0 radical (unpaired) electrons. The first kappa shape index (κ1) is 20.3. The van der Waals surface area contributed by atoms with Crippen LogP contribution in [0.25, 0.3) is 0 Å². The van der Waals surface area contributed by atoms with Crippen LogP contribution < -0.4 is 3.56 Å². The molecule has 0 unspecified atom stereocenters. The van der Waals surface area contributed by atoms with Crippen LogP contribution >= 0.6 is 58.0 Å². The predicted molar refractivity (Wildman–Crippen MR) is 90.4 cm³/mol. The van der Waals surface area contributed by atoms with Crippen molar-refractivity contribution in [2.75, 3.05) is 0 Å². The van der Waals surface area contributed by atoms with Gasteiger partial charge in [0.15, 0.2) is 0 Å². The fourth-order valence-electron chi connectivity index (χ4n) is 1.98. The van der Waals surface area contributed by atoms with Crippen LogP contribution in [-0.4, -0.2) is 8.32 Å². The van der Waals surface area contributed by atoms with Gasteiger partial charge in [0.25, 0.3) is 0 Å². The third-order valence-electron chi connectivity index (χ3n) is 3.67. The minimum atomic E-state index is -1.75. The molecule has 21 heavy (non-hydrogen) atoms. The van der Waals surface area contributed by atoms with E-state index in [1.807, 2.05) is 0 Å². The van der Waals surface area contributed by atoms with Gasteiger partial charge in [-0.3, -0.25) is 0 Å². The number of hydrogen-bond donors (Lipinski definition) is 0. The van der Waals surface area contributed by atoms with Gasteiger partial charge in [0.05, 0.1) is 0 Å². The van der Waals surface area contributed by atoms with Crippen molar-refractivity contribution in [3.05, 3.63) is 25.1 Å². The molecule has 0 amide bonds. The summed E-state index contributed by atoms with van der Waals surface area (Å²) >= 11 is 28.5. The molecule has 0 fully saturated rings. The zero-order valence-electron chi connectivity index (χ0n) is 12.0. The van der Waals surface area contributed by atoms with E-state index in [0.717, 1.165) is 18.1 Å². The third-order valence-corrected chi connectivity index (χ3v) is 16.0. The summed E-state index contributed by atoms with van der Waals surface area (Å²) in [5, 5.41) is 0.794. The second kappa shape index (κ2) is 8.94. The summed E-state index contributed by atoms with van der Waals surface area (Å²) in [4.78, 5) is 0. The number of hydrogen-bond acceptors (Lipinski definition) is 2. The van der Waals surface area contributed by atoms with Crippen LogP contribution in [0.2, 0.25) is 43.2 Å². The zero-order chi connectivity index (χ0) is 16.2. The van der Waals surface area contributed by atoms with E-state index in [-0.39, 0.29) is 30.9 Å². The molecule has 0 atom stereocenters. The van der Waals surface area contributed by atoms with Gasteiger partial charge in [0.2, 0.25) is 0 Å². The van der Waals surface area contributed by atoms with Crippen LogP contribution in [0.3, 0.4) is 0 Å². The summed E-state index contributed by atoms with van der Waals surface area (Å²) in [6.07, 6.45) is 0. The van der Waals surface area contributed by atoms with Crippen molar-refractivity contribution in [3.8, 4) is 5.75 Å². The Labute approximate surface area is 159 Å². The van der Waals surface area contributed by atoms with Crippen LogP contribution in [0.5, 0.6) is 5.75 Å². The Morgan fingerprint density at radius 1 is 0.762 bits per heavy atom. The molecule has 0 bridgehead atoms. The van der Waals surface area contributed by atoms with Crippen molar-refractivity contribution in [2.45, 2.75) is 38.9 Å². The predicted octanol–water partition coefficient (Wildman–Crippen LogP) is 7.27. The van der Waals surface area contributed by atoms with Crippen LogP contribution in [0.15, 0.2) is 0 Å². The van der Waals surface area contributed by atoms with E-state index in [4.69, 9.17) is 64.8 Å². The monoisotopic (exact) mass is 458 g/mol. The van der Waals surface area contributed by atoms with Gasteiger partial charge in [-0.1, -0.05) is 0 Å². The Morgan fingerprint density at radius 2 is 1.14 bits per heavy atom. The maximum atomic E-state index is 6.17. The molecule has 1 rings (SSSR count). The van der Waals surface area contributed by atoms with E-state index in [1.165, 1.54) is 0 Å². The number of benzene rings is 1. The van der Waals surface area contributed by atoms with Crippen molar-refractivity contribution in [3.63, 3.8) is 0 Å². The van der Waals surface area contributed by atoms with Crippen LogP contribution in [-0.2, 0) is 21.1 Å². The Hall–Kier alpha value is 1.27. The average Bonchev–Trinajstić information content (AvgIpc) is 2.51. The molecule has 116 valence electrons. The van der Waals surface area contributed by atoms with Gasteiger partial charge in [0, 0.05) is 0 Å². The van der Waals surface area contributed by atoms with Crippen molar-refractivity contribution in [1.82, 2.24) is 0 Å². The average molecular weight is 462 g/mol. The van der Waals surface area contributed by atoms with E-state index < -0.39 is 26.2 Å². The number of rotatable bonds is 7. The van der Waals surface area contributed by atoms with Gasteiger partial charge in [-0.15, -0.1) is 0 Å². The normalized spacial score (nSPS) is 11.4. The van der Waals surface area contributed by atoms with Gasteiger partial charge in [-0.25, -0.2) is 0 Å². The molecule has 2 nitrogen and oxygen atoms in total. The topological polar surface area (TPSA) is 18.5 Å². The summed E-state index contributed by atoms with van der Waals surface area (Å²) in [6.45, 7) is 6.49. The van der Waals surface area contributed by atoms with E-state index in [2.05, 4.69) is 20.8 Å². The molecule has 1 aromatic rings. The Balaban J connectivity index is 2.91. The molecule has 0 N–H and O–H groups in total. The SMILES string of the molecule is CC[Si](CC)(CC)[O][Zn][O]c1c(Cl)c(Cl)c(Cl)c(Cl)c1Cl. The van der Waals surface area contributed by atoms with Gasteiger partial charge in [-0.2, -0.15) is 0 Å². The molecular weight excluding hydrogens is 447 g/mol. The first-order chi connectivity index (χ1) is 9.83.